The highest BCUT2D eigenvalue weighted by Crippen LogP contribution is 2.09. The largest absolute Gasteiger partial charge is 0.480 e. The number of aliphatic carboxylic acids is 1. The number of hydrogen-bond donors (Lipinski definition) is 2. The minimum absolute atomic E-state index is 0.0997. The summed E-state index contributed by atoms with van der Waals surface area (Å²) in [5, 5.41) is 11.6. The Morgan fingerprint density at radius 1 is 1.04 bits per heavy atom. The molecule has 0 unspecified atom stereocenters. The lowest BCUT2D eigenvalue weighted by atomic mass is 10.1. The Kier molecular flexibility index (Phi) is 6.40. The van der Waals surface area contributed by atoms with Gasteiger partial charge in [0.05, 0.1) is 0 Å². The number of carbonyl (C=O) groups is 2. The number of rotatable bonds is 6. The third kappa shape index (κ3) is 5.90. The highest BCUT2D eigenvalue weighted by Gasteiger charge is 2.21. The van der Waals surface area contributed by atoms with Crippen LogP contribution in [0.25, 0.3) is 0 Å². The summed E-state index contributed by atoms with van der Waals surface area (Å²) in [5.74, 6) is -1.10. The zero-order valence-corrected chi connectivity index (χ0v) is 14.4. The number of ether oxygens (including phenoxy) is 1. The molecule has 0 heterocycles. The van der Waals surface area contributed by atoms with Crippen molar-refractivity contribution in [3.8, 4) is 0 Å². The van der Waals surface area contributed by atoms with E-state index in [1.165, 1.54) is 0 Å². The van der Waals surface area contributed by atoms with Gasteiger partial charge in [-0.15, -0.1) is 0 Å². The molecule has 0 bridgehead atoms. The van der Waals surface area contributed by atoms with E-state index in [2.05, 4.69) is 27.9 Å². The predicted molar refractivity (Wildman–Crippen MR) is 94.0 cm³/mol. The number of benzene rings is 2. The fourth-order valence-electron chi connectivity index (χ4n) is 1.96. The van der Waals surface area contributed by atoms with Crippen LogP contribution in [0.15, 0.2) is 54.6 Å². The van der Waals surface area contributed by atoms with Crippen molar-refractivity contribution in [2.75, 3.05) is 0 Å². The van der Waals surface area contributed by atoms with Crippen molar-refractivity contribution in [1.82, 2.24) is 5.32 Å². The maximum Gasteiger partial charge on any atom is 0.408 e. The van der Waals surface area contributed by atoms with E-state index in [1.54, 1.807) is 0 Å². The maximum atomic E-state index is 11.8. The van der Waals surface area contributed by atoms with E-state index in [0.717, 1.165) is 14.7 Å². The molecule has 2 aromatic rings. The third-order valence-corrected chi connectivity index (χ3v) is 3.88. The Labute approximate surface area is 147 Å². The van der Waals surface area contributed by atoms with Crippen molar-refractivity contribution in [1.29, 1.82) is 0 Å². The first-order chi connectivity index (χ1) is 11.0. The zero-order valence-electron chi connectivity index (χ0n) is 12.2. The summed E-state index contributed by atoms with van der Waals surface area (Å²) in [5.41, 5.74) is 1.67. The molecule has 0 fully saturated rings. The molecule has 120 valence electrons. The summed E-state index contributed by atoms with van der Waals surface area (Å²) < 4.78 is 6.11. The molecular formula is C17H16INO4. The van der Waals surface area contributed by atoms with Gasteiger partial charge in [-0.1, -0.05) is 42.5 Å². The normalized spacial score (nSPS) is 11.5. The molecule has 0 aliphatic carbocycles. The molecular weight excluding hydrogens is 409 g/mol. The van der Waals surface area contributed by atoms with Gasteiger partial charge in [0, 0.05) is 9.99 Å². The van der Waals surface area contributed by atoms with E-state index in [-0.39, 0.29) is 13.0 Å². The summed E-state index contributed by atoms with van der Waals surface area (Å²) in [6.45, 7) is 0.0997. The van der Waals surface area contributed by atoms with Crippen LogP contribution in [-0.2, 0) is 22.6 Å². The van der Waals surface area contributed by atoms with Crippen LogP contribution in [0.4, 0.5) is 4.79 Å². The van der Waals surface area contributed by atoms with Crippen molar-refractivity contribution >= 4 is 34.7 Å². The molecule has 23 heavy (non-hydrogen) atoms. The number of hydrogen-bond acceptors (Lipinski definition) is 3. The summed E-state index contributed by atoms with van der Waals surface area (Å²) in [6.07, 6.45) is -0.543. The molecule has 0 saturated carbocycles. The van der Waals surface area contributed by atoms with Crippen LogP contribution >= 0.6 is 22.6 Å². The van der Waals surface area contributed by atoms with Crippen molar-refractivity contribution in [2.45, 2.75) is 19.1 Å². The molecule has 0 aliphatic rings. The second-order valence-corrected chi connectivity index (χ2v) is 6.17. The van der Waals surface area contributed by atoms with Gasteiger partial charge >= 0.3 is 12.1 Å². The Hall–Kier alpha value is -2.09. The van der Waals surface area contributed by atoms with Crippen molar-refractivity contribution < 1.29 is 19.4 Å². The average Bonchev–Trinajstić information content (AvgIpc) is 2.55. The van der Waals surface area contributed by atoms with E-state index in [0.29, 0.717) is 0 Å². The highest BCUT2D eigenvalue weighted by molar-refractivity contribution is 14.1. The van der Waals surface area contributed by atoms with Gasteiger partial charge in [-0.3, -0.25) is 0 Å². The van der Waals surface area contributed by atoms with Gasteiger partial charge in [0.15, 0.2) is 0 Å². The number of carboxylic acids is 1. The van der Waals surface area contributed by atoms with Crippen molar-refractivity contribution in [3.63, 3.8) is 0 Å². The van der Waals surface area contributed by atoms with Crippen molar-refractivity contribution in [3.05, 3.63) is 69.3 Å². The number of amides is 1. The zero-order chi connectivity index (χ0) is 16.7. The summed E-state index contributed by atoms with van der Waals surface area (Å²) >= 11 is 2.17. The van der Waals surface area contributed by atoms with E-state index >= 15 is 0 Å². The van der Waals surface area contributed by atoms with Gasteiger partial charge in [0.2, 0.25) is 0 Å². The second kappa shape index (κ2) is 8.52. The molecule has 0 radical (unpaired) electrons. The lowest BCUT2D eigenvalue weighted by Crippen LogP contribution is -2.42. The van der Waals surface area contributed by atoms with Crippen LogP contribution < -0.4 is 5.32 Å². The van der Waals surface area contributed by atoms with Gasteiger partial charge in [-0.25, -0.2) is 9.59 Å². The first-order valence-corrected chi connectivity index (χ1v) is 8.07. The summed E-state index contributed by atoms with van der Waals surface area (Å²) in [6, 6.07) is 15.6. The summed E-state index contributed by atoms with van der Waals surface area (Å²) in [7, 11) is 0. The first-order valence-electron chi connectivity index (χ1n) is 6.99. The molecule has 5 nitrogen and oxygen atoms in total. The molecule has 0 saturated heterocycles. The van der Waals surface area contributed by atoms with E-state index in [9.17, 15) is 14.7 Å². The van der Waals surface area contributed by atoms with Crippen molar-refractivity contribution in [2.24, 2.45) is 0 Å². The second-order valence-electron chi connectivity index (χ2n) is 4.93. The maximum absolute atomic E-state index is 11.8. The quantitative estimate of drug-likeness (QED) is 0.698. The molecule has 0 aromatic heterocycles. The first kappa shape index (κ1) is 17.3. The molecule has 2 N–H and O–H groups in total. The van der Waals surface area contributed by atoms with E-state index in [4.69, 9.17) is 4.74 Å². The minimum Gasteiger partial charge on any atom is -0.480 e. The smallest absolute Gasteiger partial charge is 0.408 e. The van der Waals surface area contributed by atoms with Crippen LogP contribution in [0.1, 0.15) is 11.1 Å². The Morgan fingerprint density at radius 2 is 1.70 bits per heavy atom. The van der Waals surface area contributed by atoms with Gasteiger partial charge in [0.25, 0.3) is 0 Å². The topological polar surface area (TPSA) is 75.6 Å². The number of carboxylic acid groups (broad SMARTS) is 1. The van der Waals surface area contributed by atoms with E-state index < -0.39 is 18.1 Å². The molecule has 0 aliphatic heterocycles. The molecule has 1 atom stereocenters. The fourth-order valence-corrected chi connectivity index (χ4v) is 2.32. The van der Waals surface area contributed by atoms with Crippen LogP contribution in [0.2, 0.25) is 0 Å². The standard InChI is InChI=1S/C17H16INO4/c18-14-8-6-12(7-9-14)10-15(16(20)21)19-17(22)23-11-13-4-2-1-3-5-13/h1-9,15H,10-11H2,(H,19,22)(H,20,21)/t15-/m0/s1. The fraction of sp³-hybridized carbons (Fsp3) is 0.176. The lowest BCUT2D eigenvalue weighted by Gasteiger charge is -2.15. The van der Waals surface area contributed by atoms with Gasteiger partial charge in [-0.05, 0) is 45.9 Å². The Balaban J connectivity index is 1.89. The van der Waals surface area contributed by atoms with Gasteiger partial charge in [-0.2, -0.15) is 0 Å². The van der Waals surface area contributed by atoms with Crippen LogP contribution in [-0.4, -0.2) is 23.2 Å². The highest BCUT2D eigenvalue weighted by atomic mass is 127. The van der Waals surface area contributed by atoms with Crippen LogP contribution in [0, 0.1) is 3.57 Å². The van der Waals surface area contributed by atoms with E-state index in [1.807, 2.05) is 54.6 Å². The summed E-state index contributed by atoms with van der Waals surface area (Å²) in [4.78, 5) is 23.1. The van der Waals surface area contributed by atoms with Gasteiger partial charge in [0.1, 0.15) is 12.6 Å². The van der Waals surface area contributed by atoms with Crippen LogP contribution in [0.3, 0.4) is 0 Å². The number of halogens is 1. The molecule has 2 aromatic carbocycles. The monoisotopic (exact) mass is 425 g/mol. The Morgan fingerprint density at radius 3 is 2.30 bits per heavy atom. The Bertz CT molecular complexity index is 658. The number of carbonyl (C=O) groups excluding carboxylic acids is 1. The lowest BCUT2D eigenvalue weighted by molar-refractivity contribution is -0.139. The van der Waals surface area contributed by atoms with Crippen LogP contribution in [0.5, 0.6) is 0 Å². The predicted octanol–water partition coefficient (Wildman–Crippen LogP) is 3.21. The molecule has 1 amide bonds. The number of nitrogens with one attached hydrogen (secondary N) is 1. The molecule has 2 rings (SSSR count). The molecule has 0 spiro atoms. The average molecular weight is 425 g/mol. The minimum atomic E-state index is -1.10. The third-order valence-electron chi connectivity index (χ3n) is 3.16. The molecule has 6 heteroatoms. The SMILES string of the molecule is O=C(N[C@@H](Cc1ccc(I)cc1)C(=O)O)OCc1ccccc1. The van der Waals surface area contributed by atoms with Gasteiger partial charge < -0.3 is 15.2 Å². The number of alkyl carbamates (subject to hydrolysis) is 1.